The molecule has 0 unspecified atom stereocenters. The number of anilines is 4. The van der Waals surface area contributed by atoms with Crippen molar-refractivity contribution < 1.29 is 18.7 Å². The van der Waals surface area contributed by atoms with Gasteiger partial charge in [-0.1, -0.05) is 6.58 Å². The first kappa shape index (κ1) is 29.8. The average Bonchev–Trinajstić information content (AvgIpc) is 3.54. The largest absolute Gasteiger partial charge is 0.495 e. The van der Waals surface area contributed by atoms with Crippen LogP contribution in [0.15, 0.2) is 80.2 Å². The van der Waals surface area contributed by atoms with Gasteiger partial charge in [-0.2, -0.15) is 0 Å². The molecule has 0 atom stereocenters. The molecule has 13 heteroatoms. The number of halogens is 1. The van der Waals surface area contributed by atoms with Gasteiger partial charge in [-0.15, -0.1) is 0 Å². The number of hydrogen-bond acceptors (Lipinski definition) is 11. The Morgan fingerprint density at radius 1 is 1.00 bits per heavy atom. The Hall–Kier alpha value is -5.85. The molecule has 5 aromatic rings. The molecule has 0 saturated carbocycles. The number of carbonyl (C=O) groups excluding carboxylic acids is 1. The van der Waals surface area contributed by atoms with E-state index in [1.807, 2.05) is 24.4 Å². The van der Waals surface area contributed by atoms with Crippen molar-refractivity contribution in [1.82, 2.24) is 29.8 Å². The quantitative estimate of drug-likeness (QED) is 0.197. The van der Waals surface area contributed by atoms with Crippen LogP contribution >= 0.6 is 0 Å². The zero-order valence-electron chi connectivity index (χ0n) is 25.7. The Labute approximate surface area is 270 Å². The molecule has 2 aliphatic rings. The second kappa shape index (κ2) is 12.9. The molecule has 5 heterocycles. The molecule has 2 aliphatic heterocycles. The minimum absolute atomic E-state index is 0.0572. The number of fused-ring (bicyclic) bond motifs is 2. The molecule has 0 radical (unpaired) electrons. The number of pyridine rings is 1. The average molecular weight is 634 g/mol. The van der Waals surface area contributed by atoms with E-state index in [9.17, 15) is 4.79 Å². The number of aromatic nitrogens is 5. The molecular weight excluding hydrogens is 601 g/mol. The number of piperidine rings is 1. The van der Waals surface area contributed by atoms with Crippen molar-refractivity contribution in [2.24, 2.45) is 0 Å². The highest BCUT2D eigenvalue weighted by Gasteiger charge is 2.24. The van der Waals surface area contributed by atoms with Crippen molar-refractivity contribution in [3.05, 3.63) is 97.2 Å². The zero-order valence-corrected chi connectivity index (χ0v) is 25.7. The molecule has 1 fully saturated rings. The second-order valence-electron chi connectivity index (χ2n) is 11.3. The first-order chi connectivity index (χ1) is 23.0. The lowest BCUT2D eigenvalue weighted by Gasteiger charge is -2.32. The third-order valence-electron chi connectivity index (χ3n) is 8.35. The normalized spacial score (nSPS) is 14.5. The Bertz CT molecular complexity index is 1940. The maximum Gasteiger partial charge on any atom is 0.245 e. The number of likely N-dealkylation sites (tertiary alicyclic amines) is 1. The van der Waals surface area contributed by atoms with Gasteiger partial charge in [0.1, 0.15) is 47.4 Å². The molecule has 2 aromatic carbocycles. The molecule has 3 aromatic heterocycles. The lowest BCUT2D eigenvalue weighted by atomic mass is 10.0. The van der Waals surface area contributed by atoms with Crippen molar-refractivity contribution in [1.29, 1.82) is 0 Å². The fourth-order valence-electron chi connectivity index (χ4n) is 5.88. The minimum Gasteiger partial charge on any atom is -0.495 e. The van der Waals surface area contributed by atoms with Crippen molar-refractivity contribution in [3.8, 4) is 17.2 Å². The van der Waals surface area contributed by atoms with Crippen LogP contribution in [0.2, 0.25) is 0 Å². The van der Waals surface area contributed by atoms with E-state index < -0.39 is 5.82 Å². The maximum atomic E-state index is 15.5. The molecule has 0 spiro atoms. The number of methoxy groups -OCH3 is 1. The fourth-order valence-corrected chi connectivity index (χ4v) is 5.88. The molecule has 1 amide bonds. The van der Waals surface area contributed by atoms with E-state index in [0.717, 1.165) is 35.6 Å². The lowest BCUT2D eigenvalue weighted by molar-refractivity contribution is -0.126. The first-order valence-electron chi connectivity index (χ1n) is 15.2. The highest BCUT2D eigenvalue weighted by molar-refractivity contribution is 5.95. The van der Waals surface area contributed by atoms with Crippen LogP contribution in [0.5, 0.6) is 17.2 Å². The van der Waals surface area contributed by atoms with Crippen LogP contribution in [-0.2, 0) is 17.9 Å². The summed E-state index contributed by atoms with van der Waals surface area (Å²) in [5, 5.41) is 7.37. The van der Waals surface area contributed by atoms with E-state index in [0.29, 0.717) is 60.1 Å². The van der Waals surface area contributed by atoms with Crippen molar-refractivity contribution in [2.45, 2.75) is 32.0 Å². The van der Waals surface area contributed by atoms with Gasteiger partial charge in [0.05, 0.1) is 36.2 Å². The Morgan fingerprint density at radius 3 is 2.64 bits per heavy atom. The van der Waals surface area contributed by atoms with E-state index >= 15 is 4.39 Å². The van der Waals surface area contributed by atoms with Crippen LogP contribution in [-0.4, -0.2) is 62.0 Å². The van der Waals surface area contributed by atoms with Crippen LogP contribution in [0.25, 0.3) is 10.9 Å². The molecule has 0 bridgehead atoms. The van der Waals surface area contributed by atoms with Crippen LogP contribution in [0.3, 0.4) is 0 Å². The number of benzene rings is 2. The molecule has 2 N–H and O–H groups in total. The van der Waals surface area contributed by atoms with Gasteiger partial charge in [0.15, 0.2) is 0 Å². The summed E-state index contributed by atoms with van der Waals surface area (Å²) in [6, 6.07) is 12.0. The standard InChI is InChI=1S/C34H32FN9O3/c1-3-33(45)43-10-7-22(8-11-43)41-29-14-25-28(15-31(29)46-2)39-20-40-34(25)42-27-5-4-23(12-26(27)35)47-24-6-9-37-32(13-24)44-17-21-16-36-19-38-30(21)18-44/h3-6,9,12-16,19-20,22,41H,1,7-8,10-11,17-18H2,2H3,(H,39,40,42). The van der Waals surface area contributed by atoms with Crippen molar-refractivity contribution in [2.75, 3.05) is 35.7 Å². The summed E-state index contributed by atoms with van der Waals surface area (Å²) in [5.41, 5.74) is 3.66. The number of amides is 1. The zero-order chi connectivity index (χ0) is 32.3. The van der Waals surface area contributed by atoms with Crippen LogP contribution in [0, 0.1) is 5.82 Å². The number of nitrogens with one attached hydrogen (secondary N) is 2. The van der Waals surface area contributed by atoms with Gasteiger partial charge in [0.25, 0.3) is 0 Å². The molecule has 7 rings (SSSR count). The first-order valence-corrected chi connectivity index (χ1v) is 15.2. The highest BCUT2D eigenvalue weighted by atomic mass is 19.1. The van der Waals surface area contributed by atoms with E-state index in [4.69, 9.17) is 9.47 Å². The number of nitrogens with zero attached hydrogens (tertiary/aromatic N) is 7. The Morgan fingerprint density at radius 2 is 1.85 bits per heavy atom. The summed E-state index contributed by atoms with van der Waals surface area (Å²) in [5.74, 6) is 2.10. The van der Waals surface area contributed by atoms with Crippen molar-refractivity contribution in [3.63, 3.8) is 0 Å². The Kier molecular flexibility index (Phi) is 8.17. The molecule has 12 nitrogen and oxygen atoms in total. The van der Waals surface area contributed by atoms with Gasteiger partial charge in [0, 0.05) is 67.2 Å². The monoisotopic (exact) mass is 633 g/mol. The molecular formula is C34H32FN9O3. The summed E-state index contributed by atoms with van der Waals surface area (Å²) in [7, 11) is 1.60. The fraction of sp³-hybridized carbons (Fsp3) is 0.235. The van der Waals surface area contributed by atoms with Gasteiger partial charge in [-0.25, -0.2) is 29.3 Å². The molecule has 1 saturated heterocycles. The molecule has 0 aliphatic carbocycles. The second-order valence-corrected chi connectivity index (χ2v) is 11.3. The van der Waals surface area contributed by atoms with Gasteiger partial charge < -0.3 is 29.9 Å². The predicted octanol–water partition coefficient (Wildman–Crippen LogP) is 5.61. The van der Waals surface area contributed by atoms with Crippen LogP contribution in [0.1, 0.15) is 24.1 Å². The number of rotatable bonds is 9. The Balaban J connectivity index is 1.06. The van der Waals surface area contributed by atoms with E-state index in [-0.39, 0.29) is 17.6 Å². The van der Waals surface area contributed by atoms with Gasteiger partial charge in [-0.05, 0) is 43.2 Å². The van der Waals surface area contributed by atoms with Crippen LogP contribution < -0.4 is 25.0 Å². The summed E-state index contributed by atoms with van der Waals surface area (Å²) >= 11 is 0. The van der Waals surface area contributed by atoms with E-state index in [2.05, 4.69) is 47.0 Å². The smallest absolute Gasteiger partial charge is 0.245 e. The summed E-state index contributed by atoms with van der Waals surface area (Å²) < 4.78 is 27.1. The predicted molar refractivity (Wildman–Crippen MR) is 175 cm³/mol. The van der Waals surface area contributed by atoms with Crippen molar-refractivity contribution >= 4 is 39.8 Å². The third kappa shape index (κ3) is 6.32. The summed E-state index contributed by atoms with van der Waals surface area (Å²) in [6.45, 7) is 6.14. The van der Waals surface area contributed by atoms with E-state index in [1.165, 1.54) is 18.5 Å². The number of carbonyl (C=O) groups is 1. The number of ether oxygens (including phenoxy) is 2. The lowest BCUT2D eigenvalue weighted by Crippen LogP contribution is -2.41. The summed E-state index contributed by atoms with van der Waals surface area (Å²) in [4.78, 5) is 37.6. The maximum absolute atomic E-state index is 15.5. The van der Waals surface area contributed by atoms with Gasteiger partial charge >= 0.3 is 0 Å². The molecule has 238 valence electrons. The van der Waals surface area contributed by atoms with Gasteiger partial charge in [0.2, 0.25) is 5.91 Å². The summed E-state index contributed by atoms with van der Waals surface area (Å²) in [6.07, 6.45) is 9.35. The number of hydrogen-bond donors (Lipinski definition) is 2. The highest BCUT2D eigenvalue weighted by Crippen LogP contribution is 2.36. The van der Waals surface area contributed by atoms with Crippen LogP contribution in [0.4, 0.5) is 27.4 Å². The minimum atomic E-state index is -0.509. The topological polar surface area (TPSA) is 131 Å². The third-order valence-corrected chi connectivity index (χ3v) is 8.35. The molecule has 47 heavy (non-hydrogen) atoms. The van der Waals surface area contributed by atoms with E-state index in [1.54, 1.807) is 42.7 Å². The van der Waals surface area contributed by atoms with Gasteiger partial charge in [-0.3, -0.25) is 4.79 Å². The SMILES string of the molecule is C=CC(=O)N1CCC(Nc2cc3c(Nc4ccc(Oc5ccnc(N6Cc7cncnc7C6)c5)cc4F)ncnc3cc2OC)CC1.